The summed E-state index contributed by atoms with van der Waals surface area (Å²) in [6.45, 7) is 1.96. The van der Waals surface area contributed by atoms with Gasteiger partial charge in [0, 0.05) is 12.1 Å². The largest absolute Gasteiger partial charge is 0.243 e. The van der Waals surface area contributed by atoms with E-state index in [-0.39, 0.29) is 18.1 Å². The van der Waals surface area contributed by atoms with Gasteiger partial charge in [-0.2, -0.15) is 19.3 Å². The van der Waals surface area contributed by atoms with Crippen LogP contribution in [0.1, 0.15) is 37.3 Å². The van der Waals surface area contributed by atoms with Gasteiger partial charge in [0.25, 0.3) is 0 Å². The Labute approximate surface area is 136 Å². The first kappa shape index (κ1) is 14.8. The Morgan fingerprint density at radius 2 is 1.52 bits per heavy atom. The van der Waals surface area contributed by atoms with Crippen LogP contribution in [0.25, 0.3) is 0 Å². The average molecular weight is 332 g/mol. The number of fused-ring (bicyclic) bond motifs is 2. The number of hydrogen-bond donors (Lipinski definition) is 0. The zero-order valence-electron chi connectivity index (χ0n) is 13.0. The zero-order valence-corrected chi connectivity index (χ0v) is 13.9. The van der Waals surface area contributed by atoms with Crippen molar-refractivity contribution in [3.8, 4) is 0 Å². The number of sulfonamides is 1. The molecule has 23 heavy (non-hydrogen) atoms. The minimum absolute atomic E-state index is 0.0519. The van der Waals surface area contributed by atoms with E-state index in [9.17, 15) is 8.42 Å². The Kier molecular flexibility index (Phi) is 3.50. The molecule has 1 aromatic carbocycles. The zero-order chi connectivity index (χ0) is 16.0. The maximum absolute atomic E-state index is 13.0. The smallest absolute Gasteiger partial charge is 0.207 e. The van der Waals surface area contributed by atoms with Crippen LogP contribution in [0.5, 0.6) is 0 Å². The first-order valence-corrected chi connectivity index (χ1v) is 9.46. The molecule has 4 rings (SSSR count). The van der Waals surface area contributed by atoms with Gasteiger partial charge in [-0.25, -0.2) is 8.42 Å². The van der Waals surface area contributed by atoms with Gasteiger partial charge >= 0.3 is 0 Å². The van der Waals surface area contributed by atoms with E-state index in [2.05, 4.69) is 10.2 Å². The van der Waals surface area contributed by atoms with Gasteiger partial charge in [0.1, 0.15) is 0 Å². The minimum atomic E-state index is -3.42. The van der Waals surface area contributed by atoms with Crippen molar-refractivity contribution in [1.29, 1.82) is 0 Å². The molecule has 2 aliphatic heterocycles. The van der Waals surface area contributed by atoms with E-state index in [1.165, 1.54) is 0 Å². The minimum Gasteiger partial charge on any atom is -0.207 e. The van der Waals surface area contributed by atoms with Gasteiger partial charge in [-0.3, -0.25) is 0 Å². The number of rotatable bonds is 3. The second kappa shape index (κ2) is 5.42. The van der Waals surface area contributed by atoms with Gasteiger partial charge in [0.15, 0.2) is 0 Å². The Bertz CT molecular complexity index is 772. The monoisotopic (exact) mass is 332 g/mol. The summed E-state index contributed by atoms with van der Waals surface area (Å²) >= 11 is 0. The summed E-state index contributed by atoms with van der Waals surface area (Å²) in [5.41, 5.74) is 1.07. The SMILES string of the molecule is Cc1ccc(S(=O)(=O)N2C3CCC2CC(n2nccn2)C3)cc1. The van der Waals surface area contributed by atoms with E-state index in [0.29, 0.717) is 4.90 Å². The van der Waals surface area contributed by atoms with Crippen molar-refractivity contribution in [3.63, 3.8) is 0 Å². The lowest BCUT2D eigenvalue weighted by atomic mass is 10.0. The lowest BCUT2D eigenvalue weighted by molar-refractivity contribution is 0.174. The van der Waals surface area contributed by atoms with Gasteiger partial charge in [-0.05, 0) is 44.7 Å². The predicted octanol–water partition coefficient (Wildman–Crippen LogP) is 2.14. The average Bonchev–Trinajstić information content (AvgIpc) is 3.15. The molecule has 122 valence electrons. The van der Waals surface area contributed by atoms with Crippen LogP contribution in [0, 0.1) is 6.92 Å². The molecular weight excluding hydrogens is 312 g/mol. The molecule has 2 fully saturated rings. The van der Waals surface area contributed by atoms with Gasteiger partial charge in [-0.1, -0.05) is 17.7 Å². The summed E-state index contributed by atoms with van der Waals surface area (Å²) in [5, 5.41) is 8.46. The van der Waals surface area contributed by atoms with E-state index in [4.69, 9.17) is 0 Å². The van der Waals surface area contributed by atoms with Crippen molar-refractivity contribution >= 4 is 10.0 Å². The first-order valence-electron chi connectivity index (χ1n) is 8.02. The number of aryl methyl sites for hydroxylation is 1. The second-order valence-electron chi connectivity index (χ2n) is 6.51. The molecule has 0 radical (unpaired) electrons. The lowest BCUT2D eigenvalue weighted by Gasteiger charge is -2.37. The molecular formula is C16H20N4O2S. The number of aromatic nitrogens is 3. The molecule has 0 amide bonds. The van der Waals surface area contributed by atoms with E-state index < -0.39 is 10.0 Å². The van der Waals surface area contributed by atoms with Gasteiger partial charge in [0.2, 0.25) is 10.0 Å². The summed E-state index contributed by atoms with van der Waals surface area (Å²) in [4.78, 5) is 2.14. The molecule has 2 aromatic rings. The van der Waals surface area contributed by atoms with Crippen LogP contribution < -0.4 is 0 Å². The molecule has 2 aliphatic rings. The molecule has 0 aliphatic carbocycles. The number of nitrogens with zero attached hydrogens (tertiary/aromatic N) is 4. The van der Waals surface area contributed by atoms with Crippen molar-refractivity contribution in [2.24, 2.45) is 0 Å². The third-order valence-electron chi connectivity index (χ3n) is 5.00. The van der Waals surface area contributed by atoms with Crippen LogP contribution >= 0.6 is 0 Å². The normalized spacial score (nSPS) is 28.1. The Hall–Kier alpha value is -1.73. The van der Waals surface area contributed by atoms with Crippen LogP contribution in [0.3, 0.4) is 0 Å². The fraction of sp³-hybridized carbons (Fsp3) is 0.500. The van der Waals surface area contributed by atoms with Crippen molar-refractivity contribution < 1.29 is 8.42 Å². The Morgan fingerprint density at radius 3 is 2.09 bits per heavy atom. The highest BCUT2D eigenvalue weighted by molar-refractivity contribution is 7.89. The highest BCUT2D eigenvalue weighted by Crippen LogP contribution is 2.43. The molecule has 2 bridgehead atoms. The second-order valence-corrected chi connectivity index (χ2v) is 8.35. The van der Waals surface area contributed by atoms with Crippen molar-refractivity contribution in [3.05, 3.63) is 42.2 Å². The molecule has 7 heteroatoms. The summed E-state index contributed by atoms with van der Waals surface area (Å²) in [5.74, 6) is 0. The quantitative estimate of drug-likeness (QED) is 0.863. The van der Waals surface area contributed by atoms with Gasteiger partial charge in [0.05, 0.1) is 23.3 Å². The summed E-state index contributed by atoms with van der Waals surface area (Å²) in [7, 11) is -3.42. The molecule has 2 atom stereocenters. The molecule has 6 nitrogen and oxygen atoms in total. The molecule has 0 saturated carbocycles. The molecule has 1 aromatic heterocycles. The highest BCUT2D eigenvalue weighted by Gasteiger charge is 2.47. The van der Waals surface area contributed by atoms with Crippen LogP contribution in [-0.4, -0.2) is 39.8 Å². The van der Waals surface area contributed by atoms with E-state index in [1.807, 2.05) is 19.1 Å². The van der Waals surface area contributed by atoms with Crippen LogP contribution in [0.15, 0.2) is 41.6 Å². The van der Waals surface area contributed by atoms with Crippen molar-refractivity contribution in [2.45, 2.75) is 55.6 Å². The van der Waals surface area contributed by atoms with Crippen molar-refractivity contribution in [2.75, 3.05) is 0 Å². The highest BCUT2D eigenvalue weighted by atomic mass is 32.2. The van der Waals surface area contributed by atoms with Gasteiger partial charge in [-0.15, -0.1) is 0 Å². The molecule has 2 unspecified atom stereocenters. The standard InChI is InChI=1S/C16H20N4O2S/c1-12-2-6-16(7-3-12)23(21,22)19-13-4-5-14(19)11-15(10-13)20-17-8-9-18-20/h2-3,6-9,13-15H,4-5,10-11H2,1H3. The van der Waals surface area contributed by atoms with Crippen LogP contribution in [0.2, 0.25) is 0 Å². The van der Waals surface area contributed by atoms with Crippen LogP contribution in [0.4, 0.5) is 0 Å². The molecule has 2 saturated heterocycles. The number of hydrogen-bond acceptors (Lipinski definition) is 4. The van der Waals surface area contributed by atoms with Crippen molar-refractivity contribution in [1.82, 2.24) is 19.3 Å². The number of benzene rings is 1. The first-order chi connectivity index (χ1) is 11.1. The predicted molar refractivity (Wildman–Crippen MR) is 85.3 cm³/mol. The summed E-state index contributed by atoms with van der Waals surface area (Å²) < 4.78 is 27.8. The summed E-state index contributed by atoms with van der Waals surface area (Å²) in [6, 6.07) is 7.44. The summed E-state index contributed by atoms with van der Waals surface area (Å²) in [6.07, 6.45) is 6.78. The Morgan fingerprint density at radius 1 is 0.957 bits per heavy atom. The maximum Gasteiger partial charge on any atom is 0.243 e. The lowest BCUT2D eigenvalue weighted by Crippen LogP contribution is -2.47. The fourth-order valence-electron chi connectivity index (χ4n) is 3.93. The number of piperidine rings is 1. The van der Waals surface area contributed by atoms with Gasteiger partial charge < -0.3 is 0 Å². The topological polar surface area (TPSA) is 68.1 Å². The van der Waals surface area contributed by atoms with E-state index in [1.54, 1.807) is 33.6 Å². The maximum atomic E-state index is 13.0. The third kappa shape index (κ3) is 2.48. The third-order valence-corrected chi connectivity index (χ3v) is 7.02. The Balaban J connectivity index is 1.62. The van der Waals surface area contributed by atoms with Crippen LogP contribution in [-0.2, 0) is 10.0 Å². The van der Waals surface area contributed by atoms with E-state index in [0.717, 1.165) is 31.2 Å². The molecule has 0 N–H and O–H groups in total. The fourth-order valence-corrected chi connectivity index (χ4v) is 5.82. The molecule has 0 spiro atoms. The van der Waals surface area contributed by atoms with E-state index >= 15 is 0 Å². The molecule has 3 heterocycles.